The van der Waals surface area contributed by atoms with Gasteiger partial charge < -0.3 is 15.4 Å². The predicted octanol–water partition coefficient (Wildman–Crippen LogP) is 2.88. The molecular formula is C14H23N3O. The van der Waals surface area contributed by atoms with Gasteiger partial charge in [-0.05, 0) is 37.8 Å². The summed E-state index contributed by atoms with van der Waals surface area (Å²) < 4.78 is 5.58. The number of ether oxygens (including phenoxy) is 1. The lowest BCUT2D eigenvalue weighted by atomic mass is 9.80. The number of nitrogens with one attached hydrogen (secondary N) is 2. The maximum atomic E-state index is 5.58. The zero-order chi connectivity index (χ0) is 12.8. The van der Waals surface area contributed by atoms with E-state index in [0.29, 0.717) is 0 Å². The Morgan fingerprint density at radius 1 is 1.28 bits per heavy atom. The summed E-state index contributed by atoms with van der Waals surface area (Å²) in [6, 6.07) is 6.02. The largest absolute Gasteiger partial charge is 0.376 e. The molecule has 1 aromatic rings. The van der Waals surface area contributed by atoms with E-state index in [2.05, 4.69) is 22.5 Å². The van der Waals surface area contributed by atoms with Gasteiger partial charge in [-0.15, -0.1) is 0 Å². The fourth-order valence-electron chi connectivity index (χ4n) is 2.16. The van der Waals surface area contributed by atoms with Crippen LogP contribution in [-0.4, -0.2) is 30.8 Å². The molecule has 1 aromatic heterocycles. The predicted molar refractivity (Wildman–Crippen MR) is 75.1 cm³/mol. The molecule has 0 aromatic carbocycles. The Morgan fingerprint density at radius 3 is 2.56 bits per heavy atom. The summed E-state index contributed by atoms with van der Waals surface area (Å²) in [4.78, 5) is 4.53. The molecule has 1 aliphatic rings. The minimum absolute atomic E-state index is 0.0362. The Labute approximate surface area is 109 Å². The molecule has 0 aliphatic heterocycles. The third-order valence-corrected chi connectivity index (χ3v) is 3.59. The van der Waals surface area contributed by atoms with Gasteiger partial charge in [-0.1, -0.05) is 13.0 Å². The molecule has 0 saturated heterocycles. The maximum Gasteiger partial charge on any atom is 0.128 e. The summed E-state index contributed by atoms with van der Waals surface area (Å²) >= 11 is 0. The first-order valence-electron chi connectivity index (χ1n) is 6.78. The van der Waals surface area contributed by atoms with E-state index < -0.39 is 0 Å². The molecule has 0 atom stereocenters. The van der Waals surface area contributed by atoms with Crippen molar-refractivity contribution in [3.8, 4) is 0 Å². The van der Waals surface area contributed by atoms with Crippen molar-refractivity contribution >= 4 is 11.6 Å². The van der Waals surface area contributed by atoms with Crippen LogP contribution in [0.25, 0.3) is 0 Å². The fourth-order valence-corrected chi connectivity index (χ4v) is 2.16. The molecule has 18 heavy (non-hydrogen) atoms. The van der Waals surface area contributed by atoms with E-state index >= 15 is 0 Å². The molecule has 2 N–H and O–H groups in total. The first kappa shape index (κ1) is 13.1. The van der Waals surface area contributed by atoms with Crippen molar-refractivity contribution in [2.24, 2.45) is 0 Å². The van der Waals surface area contributed by atoms with Crippen LogP contribution in [0.15, 0.2) is 18.2 Å². The van der Waals surface area contributed by atoms with Gasteiger partial charge in [-0.2, -0.15) is 0 Å². The van der Waals surface area contributed by atoms with Crippen molar-refractivity contribution in [1.29, 1.82) is 0 Å². The molecule has 0 radical (unpaired) electrons. The summed E-state index contributed by atoms with van der Waals surface area (Å²) in [7, 11) is 1.80. The number of aromatic nitrogens is 1. The number of nitrogens with zero attached hydrogens (tertiary/aromatic N) is 1. The topological polar surface area (TPSA) is 46.2 Å². The molecule has 1 saturated carbocycles. The normalized spacial score (nSPS) is 17.0. The minimum Gasteiger partial charge on any atom is -0.376 e. The Bertz CT molecular complexity index is 372. The number of rotatable bonds is 7. The van der Waals surface area contributed by atoms with Gasteiger partial charge in [0.05, 0.1) is 5.60 Å². The van der Waals surface area contributed by atoms with Crippen LogP contribution in [0.5, 0.6) is 0 Å². The van der Waals surface area contributed by atoms with Gasteiger partial charge in [-0.25, -0.2) is 4.98 Å². The van der Waals surface area contributed by atoms with Gasteiger partial charge in [0.2, 0.25) is 0 Å². The fraction of sp³-hybridized carbons (Fsp3) is 0.643. The van der Waals surface area contributed by atoms with E-state index in [9.17, 15) is 0 Å². The molecule has 2 rings (SSSR count). The molecule has 4 heteroatoms. The zero-order valence-corrected chi connectivity index (χ0v) is 11.3. The lowest BCUT2D eigenvalue weighted by Gasteiger charge is -2.40. The van der Waals surface area contributed by atoms with E-state index in [1.54, 1.807) is 7.11 Å². The van der Waals surface area contributed by atoms with Crippen LogP contribution in [0.4, 0.5) is 11.6 Å². The standard InChI is InChI=1S/C14H23N3O/c1-3-10-15-12-6-4-7-13(17-12)16-11-14(18-2)8-5-9-14/h4,6-7H,3,5,8-11H2,1-2H3,(H2,15,16,17). The van der Waals surface area contributed by atoms with Crippen LogP contribution < -0.4 is 10.6 Å². The van der Waals surface area contributed by atoms with E-state index in [1.165, 1.54) is 6.42 Å². The molecule has 1 heterocycles. The molecule has 4 nitrogen and oxygen atoms in total. The molecule has 0 spiro atoms. The van der Waals surface area contributed by atoms with Crippen molar-refractivity contribution in [2.75, 3.05) is 30.8 Å². The molecular weight excluding hydrogens is 226 g/mol. The van der Waals surface area contributed by atoms with Crippen molar-refractivity contribution in [1.82, 2.24) is 4.98 Å². The van der Waals surface area contributed by atoms with Gasteiger partial charge in [0.25, 0.3) is 0 Å². The van der Waals surface area contributed by atoms with Crippen LogP contribution in [0.3, 0.4) is 0 Å². The first-order valence-corrected chi connectivity index (χ1v) is 6.78. The summed E-state index contributed by atoms with van der Waals surface area (Å²) in [6.07, 6.45) is 4.65. The second kappa shape index (κ2) is 6.05. The smallest absolute Gasteiger partial charge is 0.128 e. The lowest BCUT2D eigenvalue weighted by Crippen LogP contribution is -2.45. The number of hydrogen-bond acceptors (Lipinski definition) is 4. The van der Waals surface area contributed by atoms with Crippen molar-refractivity contribution < 1.29 is 4.74 Å². The third-order valence-electron chi connectivity index (χ3n) is 3.59. The Morgan fingerprint density at radius 2 is 2.00 bits per heavy atom. The van der Waals surface area contributed by atoms with E-state index in [-0.39, 0.29) is 5.60 Å². The highest BCUT2D eigenvalue weighted by molar-refractivity contribution is 5.45. The van der Waals surface area contributed by atoms with Gasteiger partial charge in [0.1, 0.15) is 11.6 Å². The molecule has 0 bridgehead atoms. The third kappa shape index (κ3) is 3.13. The average molecular weight is 249 g/mol. The molecule has 0 amide bonds. The molecule has 100 valence electrons. The summed E-state index contributed by atoms with van der Waals surface area (Å²) in [5, 5.41) is 6.67. The second-order valence-corrected chi connectivity index (χ2v) is 4.93. The Kier molecular flexibility index (Phi) is 4.42. The van der Waals surface area contributed by atoms with Crippen molar-refractivity contribution in [2.45, 2.75) is 38.2 Å². The zero-order valence-electron chi connectivity index (χ0n) is 11.3. The highest BCUT2D eigenvalue weighted by Crippen LogP contribution is 2.34. The molecule has 1 aliphatic carbocycles. The second-order valence-electron chi connectivity index (χ2n) is 4.93. The van der Waals surface area contributed by atoms with Crippen LogP contribution in [0.1, 0.15) is 32.6 Å². The van der Waals surface area contributed by atoms with Crippen LogP contribution in [0, 0.1) is 0 Å². The quantitative estimate of drug-likeness (QED) is 0.780. The van der Waals surface area contributed by atoms with Gasteiger partial charge in [0, 0.05) is 20.2 Å². The SMILES string of the molecule is CCCNc1cccc(NCC2(OC)CCC2)n1. The maximum absolute atomic E-state index is 5.58. The monoisotopic (exact) mass is 249 g/mol. The number of hydrogen-bond donors (Lipinski definition) is 2. The number of pyridine rings is 1. The molecule has 1 fully saturated rings. The van der Waals surface area contributed by atoms with Crippen LogP contribution in [-0.2, 0) is 4.74 Å². The van der Waals surface area contributed by atoms with Gasteiger partial charge in [0.15, 0.2) is 0 Å². The summed E-state index contributed by atoms with van der Waals surface area (Å²) in [5.41, 5.74) is 0.0362. The van der Waals surface area contributed by atoms with Gasteiger partial charge >= 0.3 is 0 Å². The van der Waals surface area contributed by atoms with E-state index in [1.807, 2.05) is 18.2 Å². The minimum atomic E-state index is 0.0362. The van der Waals surface area contributed by atoms with Gasteiger partial charge in [-0.3, -0.25) is 0 Å². The molecule has 0 unspecified atom stereocenters. The highest BCUT2D eigenvalue weighted by Gasteiger charge is 2.36. The summed E-state index contributed by atoms with van der Waals surface area (Å²) in [6.45, 7) is 3.94. The highest BCUT2D eigenvalue weighted by atomic mass is 16.5. The summed E-state index contributed by atoms with van der Waals surface area (Å²) in [5.74, 6) is 1.85. The first-order chi connectivity index (χ1) is 8.78. The van der Waals surface area contributed by atoms with E-state index in [0.717, 1.165) is 44.0 Å². The lowest BCUT2D eigenvalue weighted by molar-refractivity contribution is -0.0601. The Balaban J connectivity index is 1.88. The number of anilines is 2. The average Bonchev–Trinajstić information content (AvgIpc) is 2.36. The van der Waals surface area contributed by atoms with Crippen LogP contribution in [0.2, 0.25) is 0 Å². The van der Waals surface area contributed by atoms with Crippen molar-refractivity contribution in [3.63, 3.8) is 0 Å². The Hall–Kier alpha value is -1.29. The number of methoxy groups -OCH3 is 1. The van der Waals surface area contributed by atoms with E-state index in [4.69, 9.17) is 4.74 Å². The van der Waals surface area contributed by atoms with Crippen molar-refractivity contribution in [3.05, 3.63) is 18.2 Å². The van der Waals surface area contributed by atoms with Crippen LogP contribution >= 0.6 is 0 Å².